The van der Waals surface area contributed by atoms with Crippen LogP contribution in [-0.2, 0) is 10.9 Å². The van der Waals surface area contributed by atoms with Gasteiger partial charge in [-0.05, 0) is 13.0 Å². The minimum Gasteiger partial charge on any atom is -0.461 e. The Kier molecular flexibility index (Phi) is 4.60. The lowest BCUT2D eigenvalue weighted by Crippen LogP contribution is -2.18. The number of nitriles is 1. The Morgan fingerprint density at radius 2 is 2.10 bits per heavy atom. The van der Waals surface area contributed by atoms with Crippen LogP contribution in [-0.4, -0.2) is 17.6 Å². The van der Waals surface area contributed by atoms with Gasteiger partial charge in [0.25, 0.3) is 6.43 Å². The summed E-state index contributed by atoms with van der Waals surface area (Å²) < 4.78 is 67.5. The van der Waals surface area contributed by atoms with Gasteiger partial charge in [-0.1, -0.05) is 0 Å². The highest BCUT2D eigenvalue weighted by Gasteiger charge is 2.39. The lowest BCUT2D eigenvalue weighted by atomic mass is 10.1. The molecule has 0 saturated heterocycles. The van der Waals surface area contributed by atoms with Crippen LogP contribution in [0.3, 0.4) is 0 Å². The highest BCUT2D eigenvalue weighted by atomic mass is 19.4. The summed E-state index contributed by atoms with van der Waals surface area (Å²) in [5.74, 6) is -1.28. The molecule has 0 aliphatic heterocycles. The molecule has 0 aliphatic rings. The van der Waals surface area contributed by atoms with Crippen molar-refractivity contribution in [2.24, 2.45) is 0 Å². The number of hydrogen-bond acceptors (Lipinski definition) is 4. The Labute approximate surface area is 109 Å². The van der Waals surface area contributed by atoms with E-state index in [2.05, 4.69) is 9.72 Å². The van der Waals surface area contributed by atoms with E-state index in [4.69, 9.17) is 5.26 Å². The van der Waals surface area contributed by atoms with Crippen LogP contribution in [0.1, 0.15) is 40.7 Å². The summed E-state index contributed by atoms with van der Waals surface area (Å²) in [4.78, 5) is 14.2. The quantitative estimate of drug-likeness (QED) is 0.635. The van der Waals surface area contributed by atoms with Crippen molar-refractivity contribution in [1.82, 2.24) is 4.98 Å². The number of ether oxygens (including phenoxy) is 1. The Bertz CT molecular complexity index is 563. The molecule has 1 aromatic rings. The molecule has 4 nitrogen and oxygen atoms in total. The summed E-state index contributed by atoms with van der Waals surface area (Å²) in [7, 11) is 0. The van der Waals surface area contributed by atoms with E-state index in [1.807, 2.05) is 0 Å². The monoisotopic (exact) mass is 294 g/mol. The third-order valence-electron chi connectivity index (χ3n) is 2.14. The summed E-state index contributed by atoms with van der Waals surface area (Å²) in [6.45, 7) is 1.23. The fourth-order valence-electron chi connectivity index (χ4n) is 1.36. The van der Waals surface area contributed by atoms with Crippen molar-refractivity contribution in [1.29, 1.82) is 5.26 Å². The number of rotatable bonds is 3. The summed E-state index contributed by atoms with van der Waals surface area (Å²) in [6.07, 6.45) is -8.66. The maximum absolute atomic E-state index is 12.6. The molecule has 0 fully saturated rings. The van der Waals surface area contributed by atoms with Gasteiger partial charge in [-0.15, -0.1) is 0 Å². The molecule has 0 atom stereocenters. The molecule has 9 heteroatoms. The maximum atomic E-state index is 12.6. The molecule has 0 saturated carbocycles. The predicted octanol–water partition coefficient (Wildman–Crippen LogP) is 3.09. The predicted molar refractivity (Wildman–Crippen MR) is 54.9 cm³/mol. The van der Waals surface area contributed by atoms with E-state index >= 15 is 0 Å². The van der Waals surface area contributed by atoms with Crippen molar-refractivity contribution in [3.8, 4) is 6.07 Å². The van der Waals surface area contributed by atoms with E-state index in [0.717, 1.165) is 0 Å². The van der Waals surface area contributed by atoms with Crippen molar-refractivity contribution in [2.45, 2.75) is 19.5 Å². The number of alkyl halides is 5. The number of carbonyl (C=O) groups excluding carboxylic acids is 1. The van der Waals surface area contributed by atoms with Gasteiger partial charge >= 0.3 is 12.1 Å². The first kappa shape index (κ1) is 15.8. The molecule has 0 N–H and O–H groups in total. The van der Waals surface area contributed by atoms with E-state index in [0.29, 0.717) is 6.07 Å². The van der Waals surface area contributed by atoms with Crippen molar-refractivity contribution in [3.63, 3.8) is 0 Å². The molecule has 0 aromatic carbocycles. The molecule has 0 amide bonds. The van der Waals surface area contributed by atoms with Crippen molar-refractivity contribution < 1.29 is 31.5 Å². The number of esters is 1. The first-order valence-electron chi connectivity index (χ1n) is 5.19. The molecule has 0 bridgehead atoms. The number of pyridine rings is 1. The summed E-state index contributed by atoms with van der Waals surface area (Å²) >= 11 is 0. The molecule has 0 aliphatic carbocycles. The normalized spacial score (nSPS) is 11.3. The molecular formula is C11H7F5N2O2. The molecule has 1 heterocycles. The molecule has 0 radical (unpaired) electrons. The van der Waals surface area contributed by atoms with E-state index in [1.165, 1.54) is 13.0 Å². The zero-order chi connectivity index (χ0) is 15.5. The number of halogens is 5. The zero-order valence-electron chi connectivity index (χ0n) is 9.96. The van der Waals surface area contributed by atoms with Gasteiger partial charge in [0, 0.05) is 5.56 Å². The Morgan fingerprint density at radius 1 is 1.50 bits per heavy atom. The molecule has 0 spiro atoms. The van der Waals surface area contributed by atoms with Gasteiger partial charge < -0.3 is 4.74 Å². The second-order valence-corrected chi connectivity index (χ2v) is 3.45. The lowest BCUT2D eigenvalue weighted by molar-refractivity contribution is -0.143. The second-order valence-electron chi connectivity index (χ2n) is 3.45. The van der Waals surface area contributed by atoms with Gasteiger partial charge in [-0.25, -0.2) is 18.6 Å². The van der Waals surface area contributed by atoms with Gasteiger partial charge in [0.1, 0.15) is 6.07 Å². The lowest BCUT2D eigenvalue weighted by Gasteiger charge is -2.13. The minimum atomic E-state index is -5.18. The summed E-state index contributed by atoms with van der Waals surface area (Å²) in [5.41, 5.74) is -5.01. The SMILES string of the molecule is CCOC(=O)c1nc(C(F)(F)F)c(C(F)F)cc1C#N. The second kappa shape index (κ2) is 5.81. The van der Waals surface area contributed by atoms with Crippen LogP contribution in [0.2, 0.25) is 0 Å². The Balaban J connectivity index is 3.56. The van der Waals surface area contributed by atoms with Crippen LogP contribution in [0.15, 0.2) is 6.07 Å². The maximum Gasteiger partial charge on any atom is 0.433 e. The van der Waals surface area contributed by atoms with Crippen molar-refractivity contribution in [2.75, 3.05) is 6.61 Å². The fraction of sp³-hybridized carbons (Fsp3) is 0.364. The average Bonchev–Trinajstić information content (AvgIpc) is 2.36. The molecule has 108 valence electrons. The number of nitrogens with zero attached hydrogens (tertiary/aromatic N) is 2. The molecule has 1 rings (SSSR count). The average molecular weight is 294 g/mol. The largest absolute Gasteiger partial charge is 0.461 e. The molecular weight excluding hydrogens is 287 g/mol. The van der Waals surface area contributed by atoms with Gasteiger partial charge in [-0.2, -0.15) is 18.4 Å². The van der Waals surface area contributed by atoms with Gasteiger partial charge in [0.15, 0.2) is 11.4 Å². The van der Waals surface area contributed by atoms with Gasteiger partial charge in [0.2, 0.25) is 0 Å². The first-order valence-corrected chi connectivity index (χ1v) is 5.19. The third-order valence-corrected chi connectivity index (χ3v) is 2.14. The fourth-order valence-corrected chi connectivity index (χ4v) is 1.36. The Hall–Kier alpha value is -2.24. The summed E-state index contributed by atoms with van der Waals surface area (Å²) in [6, 6.07) is 1.64. The third kappa shape index (κ3) is 3.20. The van der Waals surface area contributed by atoms with Gasteiger partial charge in [-0.3, -0.25) is 0 Å². The van der Waals surface area contributed by atoms with E-state index < -0.39 is 41.1 Å². The first-order chi connectivity index (χ1) is 9.22. The van der Waals surface area contributed by atoms with E-state index in [9.17, 15) is 26.7 Å². The standard InChI is InChI=1S/C11H7F5N2O2/c1-2-20-10(19)7-5(4-17)3-6(9(12)13)8(18-7)11(14,15)16/h3,9H,2H2,1H3. The van der Waals surface area contributed by atoms with Crippen LogP contribution in [0.5, 0.6) is 0 Å². The number of aromatic nitrogens is 1. The van der Waals surface area contributed by atoms with E-state index in [1.54, 1.807) is 0 Å². The molecule has 1 aromatic heterocycles. The topological polar surface area (TPSA) is 63.0 Å². The zero-order valence-corrected chi connectivity index (χ0v) is 9.96. The van der Waals surface area contributed by atoms with Crippen LogP contribution < -0.4 is 0 Å². The van der Waals surface area contributed by atoms with Crippen molar-refractivity contribution in [3.05, 3.63) is 28.6 Å². The van der Waals surface area contributed by atoms with Crippen LogP contribution in [0.4, 0.5) is 22.0 Å². The van der Waals surface area contributed by atoms with Crippen LogP contribution >= 0.6 is 0 Å². The number of hydrogen-bond donors (Lipinski definition) is 0. The molecule has 0 unspecified atom stereocenters. The Morgan fingerprint density at radius 3 is 2.50 bits per heavy atom. The van der Waals surface area contributed by atoms with Crippen molar-refractivity contribution >= 4 is 5.97 Å². The minimum absolute atomic E-state index is 0.163. The van der Waals surface area contributed by atoms with Crippen LogP contribution in [0, 0.1) is 11.3 Å². The van der Waals surface area contributed by atoms with E-state index in [-0.39, 0.29) is 6.61 Å². The van der Waals surface area contributed by atoms with Gasteiger partial charge in [0.05, 0.1) is 12.2 Å². The number of carbonyl (C=O) groups is 1. The molecule has 20 heavy (non-hydrogen) atoms. The highest BCUT2D eigenvalue weighted by Crippen LogP contribution is 2.36. The van der Waals surface area contributed by atoms with Crippen LogP contribution in [0.25, 0.3) is 0 Å². The summed E-state index contributed by atoms with van der Waals surface area (Å²) in [5, 5.41) is 8.71. The highest BCUT2D eigenvalue weighted by molar-refractivity contribution is 5.90. The smallest absolute Gasteiger partial charge is 0.433 e.